The first-order valence-corrected chi connectivity index (χ1v) is 9.14. The second-order valence-corrected chi connectivity index (χ2v) is 6.73. The van der Waals surface area contributed by atoms with Crippen molar-refractivity contribution in [3.63, 3.8) is 0 Å². The van der Waals surface area contributed by atoms with Gasteiger partial charge in [0.05, 0.1) is 5.56 Å². The van der Waals surface area contributed by atoms with Gasteiger partial charge in [-0.25, -0.2) is 0 Å². The van der Waals surface area contributed by atoms with Gasteiger partial charge in [-0.1, -0.05) is 66.7 Å². The van der Waals surface area contributed by atoms with Crippen molar-refractivity contribution < 1.29 is 22.8 Å². The molecule has 30 heavy (non-hydrogen) atoms. The largest absolute Gasteiger partial charge is 0.416 e. The van der Waals surface area contributed by atoms with Gasteiger partial charge in [0.1, 0.15) is 6.04 Å². The monoisotopic (exact) mass is 412 g/mol. The molecule has 0 aliphatic carbocycles. The highest BCUT2D eigenvalue weighted by atomic mass is 19.4. The van der Waals surface area contributed by atoms with Crippen LogP contribution in [-0.2, 0) is 11.0 Å². The normalized spacial score (nSPS) is 12.4. The standard InChI is InChI=1S/C23H19F3N2O2/c24-23(25,26)18-13-7-12-17(14-18)22(30)28-20(21(27)29)19(15-8-3-1-4-9-15)16-10-5-2-6-11-16/h1-14,19-20H,(H2,27,29)(H,28,30)/t20-/m0/s1. The van der Waals surface area contributed by atoms with Crippen molar-refractivity contribution in [3.8, 4) is 0 Å². The van der Waals surface area contributed by atoms with Gasteiger partial charge in [-0.05, 0) is 29.3 Å². The Morgan fingerprint density at radius 3 is 1.80 bits per heavy atom. The number of halogens is 3. The summed E-state index contributed by atoms with van der Waals surface area (Å²) >= 11 is 0. The maximum atomic E-state index is 13.0. The molecule has 0 aliphatic heterocycles. The Bertz CT molecular complexity index is 982. The Labute approximate surface area is 171 Å². The molecule has 3 aromatic carbocycles. The van der Waals surface area contributed by atoms with Crippen LogP contribution in [0, 0.1) is 0 Å². The maximum absolute atomic E-state index is 13.0. The Kier molecular flexibility index (Phi) is 6.20. The number of nitrogens with one attached hydrogen (secondary N) is 1. The number of benzene rings is 3. The average molecular weight is 412 g/mol. The maximum Gasteiger partial charge on any atom is 0.416 e. The minimum absolute atomic E-state index is 0.212. The molecule has 154 valence electrons. The molecule has 3 N–H and O–H groups in total. The van der Waals surface area contributed by atoms with E-state index in [4.69, 9.17) is 5.73 Å². The van der Waals surface area contributed by atoms with E-state index < -0.39 is 35.5 Å². The summed E-state index contributed by atoms with van der Waals surface area (Å²) in [5, 5.41) is 2.53. The third-order valence-corrected chi connectivity index (χ3v) is 4.70. The van der Waals surface area contributed by atoms with Gasteiger partial charge in [0.2, 0.25) is 5.91 Å². The van der Waals surface area contributed by atoms with Gasteiger partial charge in [0.25, 0.3) is 5.91 Å². The Morgan fingerprint density at radius 2 is 1.33 bits per heavy atom. The van der Waals surface area contributed by atoms with Crippen molar-refractivity contribution >= 4 is 11.8 Å². The molecular formula is C23H19F3N2O2. The average Bonchev–Trinajstić information content (AvgIpc) is 2.74. The van der Waals surface area contributed by atoms with Gasteiger partial charge in [-0.3, -0.25) is 9.59 Å². The molecule has 1 atom stereocenters. The second-order valence-electron chi connectivity index (χ2n) is 6.73. The molecule has 0 aromatic heterocycles. The molecule has 0 unspecified atom stereocenters. The van der Waals surface area contributed by atoms with Crippen LogP contribution in [0.1, 0.15) is 33.0 Å². The molecule has 0 aliphatic rings. The van der Waals surface area contributed by atoms with Crippen molar-refractivity contribution in [1.82, 2.24) is 5.32 Å². The van der Waals surface area contributed by atoms with Crippen LogP contribution in [-0.4, -0.2) is 17.9 Å². The fraction of sp³-hybridized carbons (Fsp3) is 0.130. The molecule has 4 nitrogen and oxygen atoms in total. The van der Waals surface area contributed by atoms with Crippen molar-refractivity contribution in [2.24, 2.45) is 5.73 Å². The summed E-state index contributed by atoms with van der Waals surface area (Å²) in [6, 6.07) is 20.8. The van der Waals surface area contributed by atoms with Crippen LogP contribution < -0.4 is 11.1 Å². The highest BCUT2D eigenvalue weighted by Gasteiger charge is 2.33. The highest BCUT2D eigenvalue weighted by molar-refractivity contribution is 5.98. The lowest BCUT2D eigenvalue weighted by Crippen LogP contribution is -2.48. The summed E-state index contributed by atoms with van der Waals surface area (Å²) in [6.07, 6.45) is -4.59. The SMILES string of the molecule is NC(=O)[C@@H](NC(=O)c1cccc(C(F)(F)F)c1)C(c1ccccc1)c1ccccc1. The first-order chi connectivity index (χ1) is 14.3. The first-order valence-electron chi connectivity index (χ1n) is 9.14. The molecule has 3 aromatic rings. The molecule has 7 heteroatoms. The number of rotatable bonds is 6. The van der Waals surface area contributed by atoms with Crippen molar-refractivity contribution in [3.05, 3.63) is 107 Å². The summed E-state index contributed by atoms with van der Waals surface area (Å²) < 4.78 is 39.0. The molecule has 0 heterocycles. The number of carbonyl (C=O) groups is 2. The number of hydrogen-bond donors (Lipinski definition) is 2. The fourth-order valence-electron chi connectivity index (χ4n) is 3.28. The summed E-state index contributed by atoms with van der Waals surface area (Å²) in [5.74, 6) is -2.23. The smallest absolute Gasteiger partial charge is 0.368 e. The van der Waals surface area contributed by atoms with E-state index in [9.17, 15) is 22.8 Å². The van der Waals surface area contributed by atoms with Gasteiger partial charge < -0.3 is 11.1 Å². The first kappa shape index (κ1) is 21.1. The lowest BCUT2D eigenvalue weighted by Gasteiger charge is -2.27. The van der Waals surface area contributed by atoms with Crippen molar-refractivity contribution in [2.45, 2.75) is 18.1 Å². The lowest BCUT2D eigenvalue weighted by molar-refractivity contribution is -0.137. The Hall–Kier alpha value is -3.61. The number of amides is 2. The van der Waals surface area contributed by atoms with Gasteiger partial charge in [0, 0.05) is 11.5 Å². The number of alkyl halides is 3. The zero-order chi connectivity index (χ0) is 21.7. The molecule has 0 radical (unpaired) electrons. The van der Waals surface area contributed by atoms with E-state index in [2.05, 4.69) is 5.32 Å². The molecule has 3 rings (SSSR count). The van der Waals surface area contributed by atoms with E-state index >= 15 is 0 Å². The third-order valence-electron chi connectivity index (χ3n) is 4.70. The highest BCUT2D eigenvalue weighted by Crippen LogP contribution is 2.30. The van der Waals surface area contributed by atoms with Crippen molar-refractivity contribution in [1.29, 1.82) is 0 Å². The summed E-state index contributed by atoms with van der Waals surface area (Å²) in [7, 11) is 0. The molecular weight excluding hydrogens is 393 g/mol. The van der Waals surface area contributed by atoms with Crippen LogP contribution in [0.4, 0.5) is 13.2 Å². The Morgan fingerprint density at radius 1 is 0.800 bits per heavy atom. The Balaban J connectivity index is 1.97. The molecule has 2 amide bonds. The number of nitrogens with two attached hydrogens (primary N) is 1. The van der Waals surface area contributed by atoms with E-state index in [-0.39, 0.29) is 5.56 Å². The summed E-state index contributed by atoms with van der Waals surface area (Å²) in [4.78, 5) is 25.0. The van der Waals surface area contributed by atoms with Crippen molar-refractivity contribution in [2.75, 3.05) is 0 Å². The van der Waals surface area contributed by atoms with Crippen LogP contribution in [0.5, 0.6) is 0 Å². The minimum atomic E-state index is -4.59. The summed E-state index contributed by atoms with van der Waals surface area (Å²) in [5.41, 5.74) is 5.91. The number of primary amides is 1. The molecule has 0 saturated heterocycles. The predicted octanol–water partition coefficient (Wildman–Crippen LogP) is 4.12. The fourth-order valence-corrected chi connectivity index (χ4v) is 3.28. The van der Waals surface area contributed by atoms with E-state index in [0.717, 1.165) is 29.3 Å². The number of hydrogen-bond acceptors (Lipinski definition) is 2. The van der Waals surface area contributed by atoms with Crippen LogP contribution in [0.3, 0.4) is 0 Å². The minimum Gasteiger partial charge on any atom is -0.368 e. The van der Waals surface area contributed by atoms with E-state index in [0.29, 0.717) is 0 Å². The zero-order valence-electron chi connectivity index (χ0n) is 15.8. The molecule has 0 saturated carbocycles. The predicted molar refractivity (Wildman–Crippen MR) is 107 cm³/mol. The van der Waals surface area contributed by atoms with Gasteiger partial charge in [0.15, 0.2) is 0 Å². The quantitative estimate of drug-likeness (QED) is 0.639. The van der Waals surface area contributed by atoms with Gasteiger partial charge >= 0.3 is 6.18 Å². The molecule has 0 bridgehead atoms. The summed E-state index contributed by atoms with van der Waals surface area (Å²) in [6.45, 7) is 0. The van der Waals surface area contributed by atoms with Gasteiger partial charge in [-0.15, -0.1) is 0 Å². The third kappa shape index (κ3) is 4.86. The molecule has 0 fully saturated rings. The number of carbonyl (C=O) groups excluding carboxylic acids is 2. The zero-order valence-corrected chi connectivity index (χ0v) is 15.8. The van der Waals surface area contributed by atoms with Crippen LogP contribution >= 0.6 is 0 Å². The van der Waals surface area contributed by atoms with Crippen LogP contribution in [0.25, 0.3) is 0 Å². The van der Waals surface area contributed by atoms with Crippen LogP contribution in [0.15, 0.2) is 84.9 Å². The van der Waals surface area contributed by atoms with E-state index in [1.807, 2.05) is 12.1 Å². The molecule has 0 spiro atoms. The lowest BCUT2D eigenvalue weighted by atomic mass is 9.84. The van der Waals surface area contributed by atoms with Crippen LogP contribution in [0.2, 0.25) is 0 Å². The second kappa shape index (κ2) is 8.82. The van der Waals surface area contributed by atoms with E-state index in [1.165, 1.54) is 6.07 Å². The van der Waals surface area contributed by atoms with Gasteiger partial charge in [-0.2, -0.15) is 13.2 Å². The topological polar surface area (TPSA) is 72.2 Å². The van der Waals surface area contributed by atoms with E-state index in [1.54, 1.807) is 48.5 Å².